The van der Waals surface area contributed by atoms with Crippen LogP contribution in [0.4, 0.5) is 0 Å². The fourth-order valence-electron chi connectivity index (χ4n) is 2.87. The normalized spacial score (nSPS) is 19.7. The second-order valence-electron chi connectivity index (χ2n) is 5.25. The molecule has 5 heteroatoms. The summed E-state index contributed by atoms with van der Waals surface area (Å²) in [7, 11) is -3.38. The van der Waals surface area contributed by atoms with Gasteiger partial charge in [-0.1, -0.05) is 17.7 Å². The molecule has 2 aliphatic heterocycles. The lowest BCUT2D eigenvalue weighted by Gasteiger charge is -2.22. The van der Waals surface area contributed by atoms with Gasteiger partial charge in [0.2, 0.25) is 0 Å². The summed E-state index contributed by atoms with van der Waals surface area (Å²) in [6.45, 7) is 4.57. The summed E-state index contributed by atoms with van der Waals surface area (Å²) in [5.41, 5.74) is 1.08. The summed E-state index contributed by atoms with van der Waals surface area (Å²) < 4.78 is 29.3. The molecule has 0 aromatic heterocycles. The highest BCUT2D eigenvalue weighted by Crippen LogP contribution is 2.23. The Labute approximate surface area is 114 Å². The van der Waals surface area contributed by atoms with Gasteiger partial charge in [-0.15, -0.1) is 0 Å². The van der Waals surface area contributed by atoms with Crippen LogP contribution < -0.4 is 0 Å². The van der Waals surface area contributed by atoms with Crippen molar-refractivity contribution in [2.75, 3.05) is 19.6 Å². The average molecular weight is 279 g/mol. The number of hydrogen-bond donors (Lipinski definition) is 0. The van der Waals surface area contributed by atoms with E-state index in [0.717, 1.165) is 43.8 Å². The van der Waals surface area contributed by atoms with Crippen LogP contribution in [0.3, 0.4) is 0 Å². The Morgan fingerprint density at radius 2 is 1.79 bits per heavy atom. The van der Waals surface area contributed by atoms with Gasteiger partial charge in [0.15, 0.2) is 0 Å². The first-order valence-electron chi connectivity index (χ1n) is 6.79. The van der Waals surface area contributed by atoms with E-state index in [4.69, 9.17) is 0 Å². The standard InChI is InChI=1S/C14H19N2O2S/c1-12-5-7-13(8-6-12)19(17,18)16-11-3-10-15-9-2-4-14(15)16/h5-8H,2-4,9-11H2,1H3/q+1. The zero-order chi connectivity index (χ0) is 13.5. The van der Waals surface area contributed by atoms with Crippen molar-refractivity contribution in [1.29, 1.82) is 0 Å². The summed E-state index contributed by atoms with van der Waals surface area (Å²) in [6, 6.07) is 7.13. The quantitative estimate of drug-likeness (QED) is 0.771. The van der Waals surface area contributed by atoms with Crippen LogP contribution >= 0.6 is 0 Å². The van der Waals surface area contributed by atoms with E-state index in [1.54, 1.807) is 16.4 Å². The SMILES string of the molecule is Cc1ccc(S(=O)(=O)N2CCC[N+]3=C2CCC3)cc1. The van der Waals surface area contributed by atoms with Crippen LogP contribution in [-0.4, -0.2) is 42.8 Å². The first-order chi connectivity index (χ1) is 9.09. The number of aryl methyl sites for hydroxylation is 1. The summed E-state index contributed by atoms with van der Waals surface area (Å²) in [4.78, 5) is 0.402. The number of amidine groups is 1. The molecule has 102 valence electrons. The van der Waals surface area contributed by atoms with Crippen LogP contribution in [0.1, 0.15) is 24.8 Å². The maximum Gasteiger partial charge on any atom is 0.330 e. The molecule has 1 aromatic carbocycles. The van der Waals surface area contributed by atoms with Gasteiger partial charge < -0.3 is 0 Å². The Bertz CT molecular complexity index is 617. The molecule has 0 amide bonds. The molecule has 2 heterocycles. The smallest absolute Gasteiger partial charge is 0.265 e. The Morgan fingerprint density at radius 3 is 2.53 bits per heavy atom. The molecule has 0 spiro atoms. The van der Waals surface area contributed by atoms with Gasteiger partial charge in [0.05, 0.1) is 19.5 Å². The maximum atomic E-state index is 12.7. The van der Waals surface area contributed by atoms with Crippen molar-refractivity contribution < 1.29 is 13.0 Å². The van der Waals surface area contributed by atoms with Crippen molar-refractivity contribution in [3.63, 3.8) is 0 Å². The molecule has 4 nitrogen and oxygen atoms in total. The minimum atomic E-state index is -3.38. The van der Waals surface area contributed by atoms with Crippen molar-refractivity contribution in [2.24, 2.45) is 0 Å². The molecule has 0 saturated heterocycles. The molecule has 19 heavy (non-hydrogen) atoms. The van der Waals surface area contributed by atoms with Crippen LogP contribution in [0, 0.1) is 6.92 Å². The van der Waals surface area contributed by atoms with E-state index < -0.39 is 10.0 Å². The Kier molecular flexibility index (Phi) is 3.09. The molecule has 0 saturated carbocycles. The van der Waals surface area contributed by atoms with Gasteiger partial charge in [-0.3, -0.25) is 4.58 Å². The molecule has 0 fully saturated rings. The monoisotopic (exact) mass is 279 g/mol. The molecule has 1 aromatic rings. The number of rotatable bonds is 2. The van der Waals surface area contributed by atoms with Crippen LogP contribution in [-0.2, 0) is 10.0 Å². The maximum absolute atomic E-state index is 12.7. The van der Waals surface area contributed by atoms with Gasteiger partial charge in [-0.25, -0.2) is 0 Å². The number of benzene rings is 1. The van der Waals surface area contributed by atoms with E-state index in [9.17, 15) is 8.42 Å². The number of nitrogens with zero attached hydrogens (tertiary/aromatic N) is 2. The van der Waals surface area contributed by atoms with Gasteiger partial charge in [0.25, 0.3) is 5.84 Å². The Hall–Kier alpha value is -1.36. The molecule has 0 aliphatic carbocycles. The average Bonchev–Trinajstić information content (AvgIpc) is 2.87. The van der Waals surface area contributed by atoms with Crippen molar-refractivity contribution in [2.45, 2.75) is 31.1 Å². The van der Waals surface area contributed by atoms with Crippen molar-refractivity contribution in [3.8, 4) is 0 Å². The third-order valence-corrected chi connectivity index (χ3v) is 5.72. The molecule has 0 atom stereocenters. The van der Waals surface area contributed by atoms with Gasteiger partial charge in [-0.2, -0.15) is 12.7 Å². The van der Waals surface area contributed by atoms with E-state index in [0.29, 0.717) is 11.4 Å². The van der Waals surface area contributed by atoms with E-state index in [1.807, 2.05) is 19.1 Å². The minimum Gasteiger partial charge on any atom is -0.265 e. The zero-order valence-corrected chi connectivity index (χ0v) is 12.0. The fourth-order valence-corrected chi connectivity index (χ4v) is 4.46. The predicted molar refractivity (Wildman–Crippen MR) is 73.9 cm³/mol. The van der Waals surface area contributed by atoms with Crippen LogP contribution in [0.15, 0.2) is 29.2 Å². The summed E-state index contributed by atoms with van der Waals surface area (Å²) >= 11 is 0. The largest absolute Gasteiger partial charge is 0.330 e. The summed E-state index contributed by atoms with van der Waals surface area (Å²) in [5.74, 6) is 0.992. The van der Waals surface area contributed by atoms with Gasteiger partial charge in [0.1, 0.15) is 11.4 Å². The first kappa shape index (κ1) is 12.7. The lowest BCUT2D eigenvalue weighted by molar-refractivity contribution is -0.528. The van der Waals surface area contributed by atoms with Crippen molar-refractivity contribution >= 4 is 15.9 Å². The zero-order valence-electron chi connectivity index (χ0n) is 11.2. The van der Waals surface area contributed by atoms with Crippen LogP contribution in [0.25, 0.3) is 0 Å². The van der Waals surface area contributed by atoms with Crippen molar-refractivity contribution in [1.82, 2.24) is 4.31 Å². The highest BCUT2D eigenvalue weighted by molar-refractivity contribution is 7.89. The van der Waals surface area contributed by atoms with Gasteiger partial charge >= 0.3 is 10.0 Å². The molecule has 0 radical (unpaired) electrons. The lowest BCUT2D eigenvalue weighted by atomic mass is 10.2. The van der Waals surface area contributed by atoms with Gasteiger partial charge in [0, 0.05) is 6.42 Å². The second-order valence-corrected chi connectivity index (χ2v) is 7.11. The number of sulfonamides is 1. The second kappa shape index (κ2) is 4.63. The Morgan fingerprint density at radius 1 is 1.11 bits per heavy atom. The lowest BCUT2D eigenvalue weighted by Crippen LogP contribution is -2.44. The Balaban J connectivity index is 2.00. The molecule has 0 N–H and O–H groups in total. The van der Waals surface area contributed by atoms with E-state index in [1.165, 1.54) is 0 Å². The third kappa shape index (κ3) is 2.16. The van der Waals surface area contributed by atoms with Crippen LogP contribution in [0.5, 0.6) is 0 Å². The first-order valence-corrected chi connectivity index (χ1v) is 8.23. The highest BCUT2D eigenvalue weighted by Gasteiger charge is 2.40. The molecular formula is C14H19N2O2S+. The number of hydrogen-bond acceptors (Lipinski definition) is 2. The fraction of sp³-hybridized carbons (Fsp3) is 0.500. The summed E-state index contributed by atoms with van der Waals surface area (Å²) in [5, 5.41) is 0. The van der Waals surface area contributed by atoms with Gasteiger partial charge in [-0.05, 0) is 25.5 Å². The van der Waals surface area contributed by atoms with Crippen LogP contribution in [0.2, 0.25) is 0 Å². The van der Waals surface area contributed by atoms with E-state index >= 15 is 0 Å². The van der Waals surface area contributed by atoms with E-state index in [2.05, 4.69) is 4.58 Å². The molecular weight excluding hydrogens is 260 g/mol. The summed E-state index contributed by atoms with van der Waals surface area (Å²) in [6.07, 6.45) is 2.86. The molecule has 2 aliphatic rings. The highest BCUT2D eigenvalue weighted by atomic mass is 32.2. The molecule has 0 bridgehead atoms. The molecule has 3 rings (SSSR count). The topological polar surface area (TPSA) is 40.4 Å². The van der Waals surface area contributed by atoms with Crippen molar-refractivity contribution in [3.05, 3.63) is 29.8 Å². The third-order valence-electron chi connectivity index (χ3n) is 3.88. The predicted octanol–water partition coefficient (Wildman–Crippen LogP) is 1.59. The molecule has 0 unspecified atom stereocenters. The van der Waals surface area contributed by atoms with E-state index in [-0.39, 0.29) is 0 Å². The minimum absolute atomic E-state index is 0.402.